The second kappa shape index (κ2) is 6.86. The van der Waals surface area contributed by atoms with Gasteiger partial charge >= 0.3 is 12.1 Å². The molecule has 130 valence electrons. The molecule has 1 unspecified atom stereocenters. The van der Waals surface area contributed by atoms with Crippen LogP contribution in [0.3, 0.4) is 0 Å². The molecule has 1 aliphatic rings. The lowest BCUT2D eigenvalue weighted by Gasteiger charge is -2.42. The molecule has 2 N–H and O–H groups in total. The number of aryl methyl sites for hydroxylation is 1. The zero-order valence-electron chi connectivity index (χ0n) is 13.3. The standard InChI is InChI=1S/C16H20N2O6/c1-11-4-2-3-5-12(11)13(10-18(23)24)16(14(19)20)6-8-17(9-7-16)15(21)22/h2-5,13H,6-10H2,1H3,(H,19,20)(H,21,22). The first-order chi connectivity index (χ1) is 11.3. The molecule has 8 nitrogen and oxygen atoms in total. The Morgan fingerprint density at radius 3 is 2.33 bits per heavy atom. The van der Waals surface area contributed by atoms with Gasteiger partial charge in [-0.15, -0.1) is 0 Å². The monoisotopic (exact) mass is 336 g/mol. The average Bonchev–Trinajstić information content (AvgIpc) is 2.53. The van der Waals surface area contributed by atoms with Crippen molar-refractivity contribution in [1.82, 2.24) is 4.90 Å². The summed E-state index contributed by atoms with van der Waals surface area (Å²) in [7, 11) is 0. The molecule has 0 aliphatic carbocycles. The van der Waals surface area contributed by atoms with Gasteiger partial charge in [0.15, 0.2) is 0 Å². The van der Waals surface area contributed by atoms with Gasteiger partial charge in [0.2, 0.25) is 6.54 Å². The fourth-order valence-electron chi connectivity index (χ4n) is 3.51. The van der Waals surface area contributed by atoms with Crippen LogP contribution < -0.4 is 0 Å². The highest BCUT2D eigenvalue weighted by molar-refractivity contribution is 5.77. The lowest BCUT2D eigenvalue weighted by atomic mass is 9.65. The van der Waals surface area contributed by atoms with Crippen LogP contribution in [0, 0.1) is 22.5 Å². The normalized spacial score (nSPS) is 18.0. The number of likely N-dealkylation sites (tertiary alicyclic amines) is 1. The molecule has 1 atom stereocenters. The highest BCUT2D eigenvalue weighted by Crippen LogP contribution is 2.45. The average molecular weight is 336 g/mol. The number of aliphatic carboxylic acids is 1. The third-order valence-corrected chi connectivity index (χ3v) is 4.91. The summed E-state index contributed by atoms with van der Waals surface area (Å²) in [4.78, 5) is 35.0. The Morgan fingerprint density at radius 1 is 1.29 bits per heavy atom. The molecule has 1 amide bonds. The van der Waals surface area contributed by atoms with E-state index in [4.69, 9.17) is 5.11 Å². The first kappa shape index (κ1) is 17.7. The van der Waals surface area contributed by atoms with E-state index in [1.807, 2.05) is 0 Å². The molecular formula is C16H20N2O6. The fourth-order valence-corrected chi connectivity index (χ4v) is 3.51. The minimum Gasteiger partial charge on any atom is -0.481 e. The smallest absolute Gasteiger partial charge is 0.407 e. The van der Waals surface area contributed by atoms with Gasteiger partial charge in [0.1, 0.15) is 0 Å². The number of hydrogen-bond acceptors (Lipinski definition) is 4. The largest absolute Gasteiger partial charge is 0.481 e. The maximum Gasteiger partial charge on any atom is 0.407 e. The van der Waals surface area contributed by atoms with Crippen LogP contribution in [0.25, 0.3) is 0 Å². The minimum absolute atomic E-state index is 0.0570. The summed E-state index contributed by atoms with van der Waals surface area (Å²) in [6.07, 6.45) is -0.987. The lowest BCUT2D eigenvalue weighted by molar-refractivity contribution is -0.486. The third-order valence-electron chi connectivity index (χ3n) is 4.91. The molecule has 0 spiro atoms. The van der Waals surface area contributed by atoms with E-state index in [2.05, 4.69) is 0 Å². The summed E-state index contributed by atoms with van der Waals surface area (Å²) in [5.74, 6) is -1.91. The number of carboxylic acids is 1. The Labute approximate surface area is 138 Å². The zero-order valence-corrected chi connectivity index (χ0v) is 13.3. The molecule has 0 radical (unpaired) electrons. The molecule has 0 bridgehead atoms. The van der Waals surface area contributed by atoms with Crippen LogP contribution in [0.5, 0.6) is 0 Å². The van der Waals surface area contributed by atoms with Crippen LogP contribution in [-0.4, -0.2) is 51.7 Å². The number of carboxylic acid groups (broad SMARTS) is 2. The van der Waals surface area contributed by atoms with Crippen molar-refractivity contribution in [2.75, 3.05) is 19.6 Å². The van der Waals surface area contributed by atoms with Gasteiger partial charge in [-0.1, -0.05) is 24.3 Å². The van der Waals surface area contributed by atoms with E-state index in [9.17, 15) is 24.8 Å². The quantitative estimate of drug-likeness (QED) is 0.628. The second-order valence-electron chi connectivity index (χ2n) is 6.16. The minimum atomic E-state index is -1.34. The summed E-state index contributed by atoms with van der Waals surface area (Å²) in [5.41, 5.74) is 0.0940. The van der Waals surface area contributed by atoms with E-state index in [1.165, 1.54) is 0 Å². The van der Waals surface area contributed by atoms with Crippen molar-refractivity contribution in [3.05, 3.63) is 45.5 Å². The van der Waals surface area contributed by atoms with E-state index >= 15 is 0 Å². The lowest BCUT2D eigenvalue weighted by Crippen LogP contribution is -2.50. The number of nitro groups is 1. The van der Waals surface area contributed by atoms with Gasteiger partial charge in [0.25, 0.3) is 0 Å². The maximum absolute atomic E-state index is 12.1. The number of amides is 1. The first-order valence-electron chi connectivity index (χ1n) is 7.66. The number of carbonyl (C=O) groups is 2. The van der Waals surface area contributed by atoms with Crippen molar-refractivity contribution >= 4 is 12.1 Å². The van der Waals surface area contributed by atoms with Crippen molar-refractivity contribution in [3.63, 3.8) is 0 Å². The van der Waals surface area contributed by atoms with Crippen molar-refractivity contribution in [3.8, 4) is 0 Å². The number of hydrogen-bond donors (Lipinski definition) is 2. The van der Waals surface area contributed by atoms with Gasteiger partial charge in [0.05, 0.1) is 11.3 Å². The van der Waals surface area contributed by atoms with Gasteiger partial charge in [-0.25, -0.2) is 4.79 Å². The zero-order chi connectivity index (χ0) is 17.9. The number of rotatable bonds is 5. The molecule has 0 aromatic heterocycles. The maximum atomic E-state index is 12.1. The number of nitrogens with zero attached hydrogens (tertiary/aromatic N) is 2. The molecule has 1 aromatic carbocycles. The van der Waals surface area contributed by atoms with E-state index in [0.717, 1.165) is 10.5 Å². The Bertz CT molecular complexity index is 652. The third kappa shape index (κ3) is 3.32. The molecule has 0 saturated carbocycles. The van der Waals surface area contributed by atoms with E-state index in [-0.39, 0.29) is 25.9 Å². The highest BCUT2D eigenvalue weighted by Gasteiger charge is 2.51. The summed E-state index contributed by atoms with van der Waals surface area (Å²) in [5, 5.41) is 30.1. The van der Waals surface area contributed by atoms with Crippen molar-refractivity contribution < 1.29 is 24.7 Å². The van der Waals surface area contributed by atoms with Gasteiger partial charge < -0.3 is 15.1 Å². The van der Waals surface area contributed by atoms with Crippen molar-refractivity contribution in [2.24, 2.45) is 5.41 Å². The number of benzene rings is 1. The summed E-state index contributed by atoms with van der Waals surface area (Å²) < 4.78 is 0. The Balaban J connectivity index is 2.45. The molecule has 1 aromatic rings. The SMILES string of the molecule is Cc1ccccc1C(C[N+](=O)[O-])C1(C(=O)O)CCN(C(=O)O)CC1. The Morgan fingerprint density at radius 2 is 1.88 bits per heavy atom. The first-order valence-corrected chi connectivity index (χ1v) is 7.66. The highest BCUT2D eigenvalue weighted by atomic mass is 16.6. The molecule has 1 fully saturated rings. The summed E-state index contributed by atoms with van der Waals surface area (Å²) in [6.45, 7) is 1.41. The van der Waals surface area contributed by atoms with Crippen LogP contribution in [0.2, 0.25) is 0 Å². The molecule has 1 saturated heterocycles. The number of piperidine rings is 1. The van der Waals surface area contributed by atoms with Crippen molar-refractivity contribution in [2.45, 2.75) is 25.7 Å². The van der Waals surface area contributed by atoms with Crippen LogP contribution in [0.15, 0.2) is 24.3 Å². The van der Waals surface area contributed by atoms with E-state index in [1.54, 1.807) is 31.2 Å². The predicted molar refractivity (Wildman–Crippen MR) is 84.7 cm³/mol. The van der Waals surface area contributed by atoms with Crippen LogP contribution >= 0.6 is 0 Å². The molecular weight excluding hydrogens is 316 g/mol. The van der Waals surface area contributed by atoms with E-state index < -0.39 is 34.9 Å². The predicted octanol–water partition coefficient (Wildman–Crippen LogP) is 2.20. The molecule has 1 heterocycles. The molecule has 1 aliphatic heterocycles. The summed E-state index contributed by atoms with van der Waals surface area (Å²) in [6, 6.07) is 7.04. The Kier molecular flexibility index (Phi) is 5.06. The summed E-state index contributed by atoms with van der Waals surface area (Å²) >= 11 is 0. The van der Waals surface area contributed by atoms with Crippen LogP contribution in [-0.2, 0) is 4.79 Å². The fraction of sp³-hybridized carbons (Fsp3) is 0.500. The van der Waals surface area contributed by atoms with Gasteiger partial charge in [-0.2, -0.15) is 0 Å². The molecule has 8 heteroatoms. The van der Waals surface area contributed by atoms with Crippen molar-refractivity contribution in [1.29, 1.82) is 0 Å². The van der Waals surface area contributed by atoms with Crippen LogP contribution in [0.4, 0.5) is 4.79 Å². The Hall–Kier alpha value is -2.64. The van der Waals surface area contributed by atoms with Gasteiger partial charge in [-0.3, -0.25) is 14.9 Å². The second-order valence-corrected chi connectivity index (χ2v) is 6.16. The van der Waals surface area contributed by atoms with Gasteiger partial charge in [0, 0.05) is 18.0 Å². The topological polar surface area (TPSA) is 121 Å². The van der Waals surface area contributed by atoms with Crippen LogP contribution in [0.1, 0.15) is 29.9 Å². The molecule has 2 rings (SSSR count). The van der Waals surface area contributed by atoms with Gasteiger partial charge in [-0.05, 0) is 30.9 Å². The molecule has 24 heavy (non-hydrogen) atoms. The van der Waals surface area contributed by atoms with E-state index in [0.29, 0.717) is 5.56 Å².